The minimum absolute atomic E-state index is 0.119. The summed E-state index contributed by atoms with van der Waals surface area (Å²) in [6, 6.07) is -2.11. The van der Waals surface area contributed by atoms with Crippen molar-refractivity contribution in [3.8, 4) is 0 Å². The van der Waals surface area contributed by atoms with Crippen molar-refractivity contribution in [1.29, 1.82) is 0 Å². The van der Waals surface area contributed by atoms with Crippen LogP contribution in [0.5, 0.6) is 0 Å². The molecule has 2 aliphatic rings. The molecule has 2 saturated carbocycles. The second kappa shape index (κ2) is 13.7. The quantitative estimate of drug-likeness (QED) is 0.307. The number of carboxylic acid groups (broad SMARTS) is 1. The summed E-state index contributed by atoms with van der Waals surface area (Å²) in [5.74, 6) is 0.146. The van der Waals surface area contributed by atoms with E-state index in [1.54, 1.807) is 0 Å². The maximum atomic E-state index is 13.2. The Morgan fingerprint density at radius 3 is 2.28 bits per heavy atom. The van der Waals surface area contributed by atoms with Gasteiger partial charge in [0.1, 0.15) is 12.1 Å². The van der Waals surface area contributed by atoms with Crippen LogP contribution >= 0.6 is 0 Å². The van der Waals surface area contributed by atoms with Gasteiger partial charge in [-0.15, -0.1) is 0 Å². The van der Waals surface area contributed by atoms with Gasteiger partial charge in [-0.25, -0.2) is 9.59 Å². The molecule has 0 heterocycles. The van der Waals surface area contributed by atoms with Gasteiger partial charge in [0.2, 0.25) is 5.91 Å². The number of unbranched alkanes of at least 4 members (excludes halogenated alkanes) is 1. The van der Waals surface area contributed by atoms with E-state index in [1.807, 2.05) is 0 Å². The predicted molar refractivity (Wildman–Crippen MR) is 125 cm³/mol. The molecule has 0 aromatic carbocycles. The van der Waals surface area contributed by atoms with Crippen molar-refractivity contribution in [3.63, 3.8) is 0 Å². The average Bonchev–Trinajstić information content (AvgIpc) is 2.76. The van der Waals surface area contributed by atoms with E-state index in [2.05, 4.69) is 29.8 Å². The summed E-state index contributed by atoms with van der Waals surface area (Å²) in [4.78, 5) is 37.4. The zero-order chi connectivity index (χ0) is 23.5. The number of hydrogen-bond acceptors (Lipinski definition) is 4. The van der Waals surface area contributed by atoms with Crippen molar-refractivity contribution in [3.05, 3.63) is 0 Å². The van der Waals surface area contributed by atoms with Crippen LogP contribution in [0.15, 0.2) is 0 Å². The molecule has 0 saturated heterocycles. The van der Waals surface area contributed by atoms with E-state index in [0.29, 0.717) is 50.0 Å². The van der Waals surface area contributed by atoms with Crippen molar-refractivity contribution in [1.82, 2.24) is 16.0 Å². The number of aliphatic carboxylic acids is 1. The highest BCUT2D eigenvalue weighted by Gasteiger charge is 2.32. The highest BCUT2D eigenvalue weighted by molar-refractivity contribution is 5.89. The lowest BCUT2D eigenvalue weighted by Gasteiger charge is -2.36. The van der Waals surface area contributed by atoms with Crippen LogP contribution in [0.2, 0.25) is 0 Å². The van der Waals surface area contributed by atoms with Gasteiger partial charge >= 0.3 is 12.0 Å². The van der Waals surface area contributed by atoms with E-state index in [0.717, 1.165) is 38.5 Å². The van der Waals surface area contributed by atoms with Crippen molar-refractivity contribution < 1.29 is 19.5 Å². The number of nitrogens with two attached hydrogens (primary N) is 1. The fraction of sp³-hybridized carbons (Fsp3) is 0.875. The molecule has 0 bridgehead atoms. The maximum absolute atomic E-state index is 13.2. The van der Waals surface area contributed by atoms with Crippen LogP contribution < -0.4 is 21.7 Å². The van der Waals surface area contributed by atoms with Crippen molar-refractivity contribution in [2.24, 2.45) is 23.5 Å². The van der Waals surface area contributed by atoms with E-state index in [4.69, 9.17) is 5.73 Å². The van der Waals surface area contributed by atoms with Crippen LogP contribution in [0.3, 0.4) is 0 Å². The molecule has 0 aromatic heterocycles. The monoisotopic (exact) mass is 452 g/mol. The summed E-state index contributed by atoms with van der Waals surface area (Å²) >= 11 is 0. The predicted octanol–water partition coefficient (Wildman–Crippen LogP) is 3.15. The van der Waals surface area contributed by atoms with E-state index in [9.17, 15) is 19.5 Å². The standard InChI is InChI=1S/C24H44N4O4/c1-16-9-8-13-19(17(16)2)26-22(29)21(15-18-10-4-3-5-11-18)28-24(32)27-20(23(30)31)12-6-7-14-25/h16-21H,3-15,25H2,1-2H3,(H,26,29)(H,30,31)(H2,27,28,32)/t16?,17?,19-,20+,21?/m1/s1. The topological polar surface area (TPSA) is 134 Å². The summed E-state index contributed by atoms with van der Waals surface area (Å²) < 4.78 is 0. The van der Waals surface area contributed by atoms with Gasteiger partial charge in [0.25, 0.3) is 0 Å². The fourth-order valence-electron chi connectivity index (χ4n) is 5.17. The fourth-order valence-corrected chi connectivity index (χ4v) is 5.17. The van der Waals surface area contributed by atoms with E-state index in [1.165, 1.54) is 12.8 Å². The largest absolute Gasteiger partial charge is 0.480 e. The summed E-state index contributed by atoms with van der Waals surface area (Å²) in [5, 5.41) is 18.0. The molecule has 8 nitrogen and oxygen atoms in total. The van der Waals surface area contributed by atoms with Crippen LogP contribution in [0.25, 0.3) is 0 Å². The second-order valence-electron chi connectivity index (χ2n) is 9.97. The van der Waals surface area contributed by atoms with Crippen LogP contribution in [0.1, 0.15) is 90.9 Å². The zero-order valence-corrected chi connectivity index (χ0v) is 19.9. The third-order valence-electron chi connectivity index (χ3n) is 7.50. The number of carbonyl (C=O) groups is 3. The van der Waals surface area contributed by atoms with Crippen molar-refractivity contribution in [2.75, 3.05) is 6.54 Å². The van der Waals surface area contributed by atoms with Gasteiger partial charge in [-0.1, -0.05) is 58.8 Å². The molecule has 32 heavy (non-hydrogen) atoms. The molecule has 2 fully saturated rings. The lowest BCUT2D eigenvalue weighted by atomic mass is 9.78. The molecule has 184 valence electrons. The summed E-state index contributed by atoms with van der Waals surface area (Å²) in [7, 11) is 0. The van der Waals surface area contributed by atoms with Crippen LogP contribution in [-0.4, -0.2) is 47.7 Å². The number of carboxylic acids is 1. The van der Waals surface area contributed by atoms with Gasteiger partial charge in [0.05, 0.1) is 0 Å². The minimum Gasteiger partial charge on any atom is -0.480 e. The highest BCUT2D eigenvalue weighted by Crippen LogP contribution is 2.30. The first kappa shape index (κ1) is 26.4. The molecule has 0 spiro atoms. The lowest BCUT2D eigenvalue weighted by Crippen LogP contribution is -2.56. The number of carbonyl (C=O) groups excluding carboxylic acids is 2. The molecule has 0 aromatic rings. The number of amides is 3. The second-order valence-corrected chi connectivity index (χ2v) is 9.97. The Hall–Kier alpha value is -1.83. The van der Waals surface area contributed by atoms with Crippen molar-refractivity contribution in [2.45, 2.75) is 109 Å². The van der Waals surface area contributed by atoms with E-state index < -0.39 is 24.1 Å². The zero-order valence-electron chi connectivity index (χ0n) is 19.9. The molecule has 3 unspecified atom stereocenters. The summed E-state index contributed by atoms with van der Waals surface area (Å²) in [6.07, 6.45) is 11.2. The third kappa shape index (κ3) is 8.60. The number of urea groups is 1. The van der Waals surface area contributed by atoms with E-state index >= 15 is 0 Å². The first-order chi connectivity index (χ1) is 15.3. The molecule has 0 radical (unpaired) electrons. The van der Waals surface area contributed by atoms with Gasteiger partial charge in [0.15, 0.2) is 0 Å². The van der Waals surface area contributed by atoms with Gasteiger partial charge in [-0.05, 0) is 56.4 Å². The smallest absolute Gasteiger partial charge is 0.326 e. The SMILES string of the molecule is CC1CCC[C@@H](NC(=O)C(CC2CCCCC2)NC(=O)N[C@@H](CCCCN)C(=O)O)C1C. The Labute approximate surface area is 192 Å². The molecule has 0 aliphatic heterocycles. The molecule has 8 heteroatoms. The number of rotatable bonds is 11. The Morgan fingerprint density at radius 2 is 1.62 bits per heavy atom. The highest BCUT2D eigenvalue weighted by atomic mass is 16.4. The molecule has 2 rings (SSSR count). The van der Waals surface area contributed by atoms with Gasteiger partial charge < -0.3 is 26.8 Å². The number of nitrogens with one attached hydrogen (secondary N) is 3. The third-order valence-corrected chi connectivity index (χ3v) is 7.50. The van der Waals surface area contributed by atoms with Gasteiger partial charge in [0, 0.05) is 6.04 Å². The van der Waals surface area contributed by atoms with Crippen LogP contribution in [0, 0.1) is 17.8 Å². The molecule has 5 atom stereocenters. The van der Waals surface area contributed by atoms with Crippen LogP contribution in [-0.2, 0) is 9.59 Å². The minimum atomic E-state index is -1.07. The Kier molecular flexibility index (Phi) is 11.3. The normalized spacial score (nSPS) is 26.0. The first-order valence-electron chi connectivity index (χ1n) is 12.6. The number of hydrogen-bond donors (Lipinski definition) is 5. The molecule has 3 amide bonds. The Balaban J connectivity index is 2.00. The lowest BCUT2D eigenvalue weighted by molar-refractivity contribution is -0.139. The molecular formula is C24H44N4O4. The maximum Gasteiger partial charge on any atom is 0.326 e. The average molecular weight is 453 g/mol. The molecule has 6 N–H and O–H groups in total. The Morgan fingerprint density at radius 1 is 0.938 bits per heavy atom. The van der Waals surface area contributed by atoms with Gasteiger partial charge in [-0.2, -0.15) is 0 Å². The van der Waals surface area contributed by atoms with E-state index in [-0.39, 0.29) is 11.9 Å². The Bertz CT molecular complexity index is 609. The first-order valence-corrected chi connectivity index (χ1v) is 12.6. The summed E-state index contributed by atoms with van der Waals surface area (Å²) in [6.45, 7) is 4.90. The molecule has 2 aliphatic carbocycles. The van der Waals surface area contributed by atoms with Gasteiger partial charge in [-0.3, -0.25) is 4.79 Å². The summed E-state index contributed by atoms with van der Waals surface area (Å²) in [5.41, 5.74) is 5.48. The van der Waals surface area contributed by atoms with Crippen LogP contribution in [0.4, 0.5) is 4.79 Å². The van der Waals surface area contributed by atoms with Crippen molar-refractivity contribution >= 4 is 17.9 Å². The molecular weight excluding hydrogens is 408 g/mol.